The van der Waals surface area contributed by atoms with Crippen molar-refractivity contribution >= 4 is 13.7 Å². The highest BCUT2D eigenvalue weighted by Crippen LogP contribution is 2.45. The number of H-pyrrole nitrogens is 1. The Morgan fingerprint density at radius 2 is 1.97 bits per heavy atom. The molecule has 2 aromatic rings. The average Bonchev–Trinajstić information content (AvgIpc) is 3.28. The summed E-state index contributed by atoms with van der Waals surface area (Å²) in [6.07, 6.45) is 3.74. The lowest BCUT2D eigenvalue weighted by atomic mass is 10.2. The largest absolute Gasteiger partial charge is 0.468 e. The molecule has 1 aromatic carbocycles. The van der Waals surface area contributed by atoms with E-state index in [1.807, 2.05) is 6.07 Å². The summed E-state index contributed by atoms with van der Waals surface area (Å²) in [6, 6.07) is 6.83. The highest BCUT2D eigenvalue weighted by atomic mass is 31.2. The third kappa shape index (κ3) is 7.00. The number of aryl methyl sites for hydroxylation is 1. The van der Waals surface area contributed by atoms with Gasteiger partial charge in [0.05, 0.1) is 38.0 Å². The SMILES string of the molecule is COC(=O)C(C)NP(=O)(OCC1C=CC(Cn2cc(C)c(=O)[nH]c2=O)O1)Oc1ccc(C#N)cc1. The molecule has 0 saturated carbocycles. The van der Waals surface area contributed by atoms with Crippen LogP contribution in [0.3, 0.4) is 0 Å². The van der Waals surface area contributed by atoms with Crippen LogP contribution in [0.2, 0.25) is 0 Å². The molecule has 1 aliphatic heterocycles. The van der Waals surface area contributed by atoms with Gasteiger partial charge in [-0.3, -0.25) is 23.7 Å². The second kappa shape index (κ2) is 11.3. The summed E-state index contributed by atoms with van der Waals surface area (Å²) in [6.45, 7) is 2.99. The van der Waals surface area contributed by atoms with Crippen LogP contribution in [0.4, 0.5) is 0 Å². The van der Waals surface area contributed by atoms with Crippen LogP contribution in [0.25, 0.3) is 0 Å². The molecule has 0 saturated heterocycles. The van der Waals surface area contributed by atoms with Crippen molar-refractivity contribution in [1.29, 1.82) is 5.26 Å². The van der Waals surface area contributed by atoms with Crippen LogP contribution in [0.5, 0.6) is 5.75 Å². The van der Waals surface area contributed by atoms with Gasteiger partial charge in [-0.2, -0.15) is 10.3 Å². The second-order valence-electron chi connectivity index (χ2n) is 7.72. The minimum atomic E-state index is -4.09. The Balaban J connectivity index is 1.66. The summed E-state index contributed by atoms with van der Waals surface area (Å²) in [7, 11) is -2.89. The molecular weight excluding hydrogens is 479 g/mol. The van der Waals surface area contributed by atoms with Crippen molar-refractivity contribution in [3.8, 4) is 11.8 Å². The number of aromatic nitrogens is 2. The lowest BCUT2D eigenvalue weighted by molar-refractivity contribution is -0.142. The summed E-state index contributed by atoms with van der Waals surface area (Å²) in [5.41, 5.74) is -0.236. The number of nitriles is 1. The molecule has 35 heavy (non-hydrogen) atoms. The highest BCUT2D eigenvalue weighted by molar-refractivity contribution is 7.52. The van der Waals surface area contributed by atoms with E-state index in [2.05, 4.69) is 14.8 Å². The lowest BCUT2D eigenvalue weighted by Crippen LogP contribution is -2.35. The van der Waals surface area contributed by atoms with E-state index in [4.69, 9.17) is 19.0 Å². The van der Waals surface area contributed by atoms with Crippen molar-refractivity contribution in [3.63, 3.8) is 0 Å². The Labute approximate surface area is 200 Å². The quantitative estimate of drug-likeness (QED) is 0.275. The molecule has 2 heterocycles. The molecule has 4 atom stereocenters. The molecular formula is C22H25N4O8P. The Bertz CT molecular complexity index is 1290. The van der Waals surface area contributed by atoms with Crippen LogP contribution in [0.15, 0.2) is 52.2 Å². The van der Waals surface area contributed by atoms with Crippen molar-refractivity contribution < 1.29 is 27.9 Å². The minimum absolute atomic E-state index is 0.153. The molecule has 0 amide bonds. The number of nitrogens with one attached hydrogen (secondary N) is 2. The molecule has 1 aromatic heterocycles. The van der Waals surface area contributed by atoms with Crippen molar-refractivity contribution in [2.24, 2.45) is 0 Å². The van der Waals surface area contributed by atoms with E-state index in [-0.39, 0.29) is 18.9 Å². The number of hydrogen-bond donors (Lipinski definition) is 2. The third-order valence-corrected chi connectivity index (χ3v) is 6.62. The smallest absolute Gasteiger partial charge is 0.459 e. The fourth-order valence-electron chi connectivity index (χ4n) is 3.17. The van der Waals surface area contributed by atoms with Gasteiger partial charge in [0, 0.05) is 11.8 Å². The predicted octanol–water partition coefficient (Wildman–Crippen LogP) is 1.40. The molecule has 1 aliphatic rings. The molecule has 0 bridgehead atoms. The number of rotatable bonds is 10. The molecule has 0 spiro atoms. The maximum atomic E-state index is 13.4. The van der Waals surface area contributed by atoms with E-state index in [0.717, 1.165) is 0 Å². The molecule has 13 heteroatoms. The van der Waals surface area contributed by atoms with Gasteiger partial charge in [-0.25, -0.2) is 9.36 Å². The van der Waals surface area contributed by atoms with Gasteiger partial charge in [-0.1, -0.05) is 12.2 Å². The van der Waals surface area contributed by atoms with Crippen LogP contribution < -0.4 is 20.9 Å². The van der Waals surface area contributed by atoms with Crippen LogP contribution in [-0.2, 0) is 29.9 Å². The zero-order chi connectivity index (χ0) is 25.6. The molecule has 3 rings (SSSR count). The van der Waals surface area contributed by atoms with Gasteiger partial charge in [0.15, 0.2) is 0 Å². The highest BCUT2D eigenvalue weighted by Gasteiger charge is 2.34. The van der Waals surface area contributed by atoms with E-state index >= 15 is 0 Å². The first-order chi connectivity index (χ1) is 16.6. The monoisotopic (exact) mass is 504 g/mol. The summed E-state index contributed by atoms with van der Waals surface area (Å²) in [5.74, 6) is -0.513. The van der Waals surface area contributed by atoms with E-state index in [1.54, 1.807) is 19.1 Å². The fourth-order valence-corrected chi connectivity index (χ4v) is 4.67. The summed E-state index contributed by atoms with van der Waals surface area (Å²) < 4.78 is 36.3. The van der Waals surface area contributed by atoms with Gasteiger partial charge in [-0.15, -0.1) is 0 Å². The Morgan fingerprint density at radius 3 is 2.63 bits per heavy atom. The summed E-state index contributed by atoms with van der Waals surface area (Å²) in [4.78, 5) is 37.6. The van der Waals surface area contributed by atoms with E-state index < -0.39 is 43.2 Å². The lowest BCUT2D eigenvalue weighted by Gasteiger charge is -2.24. The topological polar surface area (TPSA) is 162 Å². The van der Waals surface area contributed by atoms with Crippen molar-refractivity contribution in [3.05, 3.63) is 74.6 Å². The number of nitrogens with zero attached hydrogens (tertiary/aromatic N) is 2. The van der Waals surface area contributed by atoms with Crippen LogP contribution in [-0.4, -0.2) is 47.5 Å². The predicted molar refractivity (Wildman–Crippen MR) is 124 cm³/mol. The van der Waals surface area contributed by atoms with E-state index in [0.29, 0.717) is 11.1 Å². The first-order valence-corrected chi connectivity index (χ1v) is 12.1. The Morgan fingerprint density at radius 1 is 1.29 bits per heavy atom. The van der Waals surface area contributed by atoms with Crippen molar-refractivity contribution in [1.82, 2.24) is 14.6 Å². The minimum Gasteiger partial charge on any atom is -0.468 e. The van der Waals surface area contributed by atoms with Gasteiger partial charge < -0.3 is 14.0 Å². The van der Waals surface area contributed by atoms with Crippen molar-refractivity contribution in [2.75, 3.05) is 13.7 Å². The normalized spacial score (nSPS) is 19.5. The number of benzene rings is 1. The standard InChI is InChI=1S/C22H25N4O8P/c1-14-11-26(22(29)24-20(14)27)12-18-8-9-19(33-18)13-32-35(30,25-15(2)21(28)31-3)34-17-6-4-16(10-23)5-7-17/h4-9,11,15,18-19H,12-13H2,1-3H3,(H,25,30)(H,24,27,29). The second-order valence-corrected chi connectivity index (χ2v) is 9.41. The third-order valence-electron chi connectivity index (χ3n) is 4.98. The number of ether oxygens (including phenoxy) is 2. The first kappa shape index (κ1) is 26.1. The van der Waals surface area contributed by atoms with Gasteiger partial charge >= 0.3 is 19.4 Å². The molecule has 0 fully saturated rings. The Hall–Kier alpha value is -3.49. The van der Waals surface area contributed by atoms with Gasteiger partial charge in [-0.05, 0) is 38.1 Å². The van der Waals surface area contributed by atoms with Crippen LogP contribution in [0, 0.1) is 18.3 Å². The molecule has 2 N–H and O–H groups in total. The van der Waals surface area contributed by atoms with Gasteiger partial charge in [0.2, 0.25) is 0 Å². The molecule has 4 unspecified atom stereocenters. The van der Waals surface area contributed by atoms with Gasteiger partial charge in [0.1, 0.15) is 17.9 Å². The number of methoxy groups -OCH3 is 1. The van der Waals surface area contributed by atoms with Gasteiger partial charge in [0.25, 0.3) is 5.56 Å². The number of aromatic amines is 1. The number of hydrogen-bond acceptors (Lipinski definition) is 9. The molecule has 186 valence electrons. The Kier molecular flexibility index (Phi) is 8.43. The first-order valence-electron chi connectivity index (χ1n) is 10.6. The molecule has 0 aliphatic carbocycles. The van der Waals surface area contributed by atoms with Crippen LogP contribution >= 0.6 is 7.75 Å². The number of carbonyl (C=O) groups is 1. The summed E-state index contributed by atoms with van der Waals surface area (Å²) in [5, 5.41) is 11.5. The molecule has 0 radical (unpaired) electrons. The average molecular weight is 504 g/mol. The maximum Gasteiger partial charge on any atom is 0.459 e. The maximum absolute atomic E-state index is 13.4. The van der Waals surface area contributed by atoms with E-state index in [1.165, 1.54) is 49.1 Å². The van der Waals surface area contributed by atoms with Crippen molar-refractivity contribution in [2.45, 2.75) is 38.6 Å². The summed E-state index contributed by atoms with van der Waals surface area (Å²) >= 11 is 0. The molecule has 12 nitrogen and oxygen atoms in total. The fraction of sp³-hybridized carbons (Fsp3) is 0.364. The number of carbonyl (C=O) groups excluding carboxylic acids is 1. The number of esters is 1. The van der Waals surface area contributed by atoms with E-state index in [9.17, 15) is 18.9 Å². The zero-order valence-corrected chi connectivity index (χ0v) is 20.2. The van der Waals surface area contributed by atoms with Crippen LogP contribution in [0.1, 0.15) is 18.1 Å². The zero-order valence-electron chi connectivity index (χ0n) is 19.3.